The molecule has 0 radical (unpaired) electrons. The van der Waals surface area contributed by atoms with Crippen molar-refractivity contribution < 1.29 is 0 Å². The largest absolute Gasteiger partial charge is 0.320 e. The van der Waals surface area contributed by atoms with Crippen LogP contribution in [0.25, 0.3) is 0 Å². The lowest BCUT2D eigenvalue weighted by atomic mass is 10.0. The van der Waals surface area contributed by atoms with Gasteiger partial charge in [0.25, 0.3) is 5.56 Å². The first-order valence-corrected chi connectivity index (χ1v) is 7.26. The molecule has 1 unspecified atom stereocenters. The minimum absolute atomic E-state index is 0.231. The molecule has 2 heterocycles. The van der Waals surface area contributed by atoms with Crippen LogP contribution in [0.2, 0.25) is 0 Å². The van der Waals surface area contributed by atoms with Gasteiger partial charge in [-0.15, -0.1) is 6.42 Å². The number of anilines is 1. The van der Waals surface area contributed by atoms with Gasteiger partial charge in [0.15, 0.2) is 5.62 Å². The lowest BCUT2D eigenvalue weighted by molar-refractivity contribution is 0.580. The number of rotatable bonds is 1. The highest BCUT2D eigenvalue weighted by Gasteiger charge is 2.32. The summed E-state index contributed by atoms with van der Waals surface area (Å²) in [7, 11) is 0. The standard InChI is InChI=1S/C15H16ClN3O/c1-3-11-9(2)12-8-17-15(16)19(10-6-4-5-7-10)13(12)18-14(11)20/h1,8,10,15H,4-7H2,2H3,(H,18,20). The van der Waals surface area contributed by atoms with Crippen LogP contribution in [0, 0.1) is 19.3 Å². The molecule has 0 spiro atoms. The van der Waals surface area contributed by atoms with Crippen LogP contribution in [0.15, 0.2) is 9.79 Å². The lowest BCUT2D eigenvalue weighted by Crippen LogP contribution is -2.43. The number of aliphatic imine (C=N–C) groups is 1. The summed E-state index contributed by atoms with van der Waals surface area (Å²) in [5.41, 5.74) is 1.35. The summed E-state index contributed by atoms with van der Waals surface area (Å²) in [6.07, 6.45) is 11.7. The molecule has 1 atom stereocenters. The zero-order valence-electron chi connectivity index (χ0n) is 11.3. The average Bonchev–Trinajstić information content (AvgIpc) is 2.92. The van der Waals surface area contributed by atoms with Crippen molar-refractivity contribution in [3.8, 4) is 12.3 Å². The monoisotopic (exact) mass is 289 g/mol. The fraction of sp³-hybridized carbons (Fsp3) is 0.467. The Morgan fingerprint density at radius 3 is 2.85 bits per heavy atom. The minimum atomic E-state index is -0.461. The number of nitrogens with zero attached hydrogens (tertiary/aromatic N) is 2. The summed E-state index contributed by atoms with van der Waals surface area (Å²) < 4.78 is 0. The molecule has 1 saturated carbocycles. The Kier molecular flexibility index (Phi) is 3.31. The molecular formula is C15H16ClN3O. The lowest BCUT2D eigenvalue weighted by Gasteiger charge is -2.36. The van der Waals surface area contributed by atoms with E-state index in [2.05, 4.69) is 15.9 Å². The summed E-state index contributed by atoms with van der Waals surface area (Å²) in [6, 6.07) is 0.334. The van der Waals surface area contributed by atoms with Gasteiger partial charge < -0.3 is 9.88 Å². The van der Waals surface area contributed by atoms with Gasteiger partial charge in [-0.25, -0.2) is 0 Å². The summed E-state index contributed by atoms with van der Waals surface area (Å²) in [4.78, 5) is 21.4. The van der Waals surface area contributed by atoms with Crippen LogP contribution in [0.4, 0.5) is 5.82 Å². The first kappa shape index (κ1) is 13.3. The second kappa shape index (κ2) is 4.99. The van der Waals surface area contributed by atoms with E-state index in [1.165, 1.54) is 12.8 Å². The second-order valence-corrected chi connectivity index (χ2v) is 5.69. The Balaban J connectivity index is 2.17. The minimum Gasteiger partial charge on any atom is -0.320 e. The number of alkyl halides is 1. The number of aromatic amines is 1. The molecule has 1 aliphatic heterocycles. The van der Waals surface area contributed by atoms with Crippen molar-refractivity contribution in [2.24, 2.45) is 4.99 Å². The fourth-order valence-electron chi connectivity index (χ4n) is 3.11. The maximum absolute atomic E-state index is 12.1. The molecule has 20 heavy (non-hydrogen) atoms. The van der Waals surface area contributed by atoms with Crippen molar-refractivity contribution in [3.63, 3.8) is 0 Å². The average molecular weight is 290 g/mol. The summed E-state index contributed by atoms with van der Waals surface area (Å²) in [5, 5.41) is 0. The van der Waals surface area contributed by atoms with Crippen LogP contribution >= 0.6 is 11.6 Å². The third kappa shape index (κ3) is 1.94. The number of hydrogen-bond acceptors (Lipinski definition) is 3. The van der Waals surface area contributed by atoms with Crippen LogP contribution in [0.1, 0.15) is 42.4 Å². The van der Waals surface area contributed by atoms with Crippen molar-refractivity contribution >= 4 is 23.6 Å². The number of pyridine rings is 1. The molecule has 1 aromatic heterocycles. The highest BCUT2D eigenvalue weighted by Crippen LogP contribution is 2.34. The first-order chi connectivity index (χ1) is 9.63. The van der Waals surface area contributed by atoms with Gasteiger partial charge in [-0.05, 0) is 25.3 Å². The Hall–Kier alpha value is -1.73. The van der Waals surface area contributed by atoms with Crippen molar-refractivity contribution in [3.05, 3.63) is 27.0 Å². The number of halogens is 1. The van der Waals surface area contributed by atoms with E-state index in [1.54, 1.807) is 6.21 Å². The molecule has 1 aromatic rings. The zero-order chi connectivity index (χ0) is 14.3. The summed E-state index contributed by atoms with van der Waals surface area (Å²) in [6.45, 7) is 1.86. The zero-order valence-corrected chi connectivity index (χ0v) is 12.1. The summed E-state index contributed by atoms with van der Waals surface area (Å²) >= 11 is 6.33. The molecule has 1 fully saturated rings. The van der Waals surface area contributed by atoms with Crippen LogP contribution < -0.4 is 10.5 Å². The number of aromatic nitrogens is 1. The maximum Gasteiger partial charge on any atom is 0.265 e. The third-order valence-corrected chi connectivity index (χ3v) is 4.49. The number of terminal acetylenes is 1. The van der Waals surface area contributed by atoms with Crippen molar-refractivity contribution in [1.29, 1.82) is 0 Å². The van der Waals surface area contributed by atoms with E-state index in [0.717, 1.165) is 29.8 Å². The quantitative estimate of drug-likeness (QED) is 0.490. The van der Waals surface area contributed by atoms with Gasteiger partial charge >= 0.3 is 0 Å². The van der Waals surface area contributed by atoms with E-state index in [-0.39, 0.29) is 5.56 Å². The molecule has 3 rings (SSSR count). The predicted octanol–water partition coefficient (Wildman–Crippen LogP) is 2.37. The molecule has 2 aliphatic rings. The predicted molar refractivity (Wildman–Crippen MR) is 81.7 cm³/mol. The van der Waals surface area contributed by atoms with Crippen molar-refractivity contribution in [2.75, 3.05) is 4.90 Å². The molecular weight excluding hydrogens is 274 g/mol. The van der Waals surface area contributed by atoms with Crippen molar-refractivity contribution in [2.45, 2.75) is 44.3 Å². The highest BCUT2D eigenvalue weighted by molar-refractivity contribution is 6.23. The number of fused-ring (bicyclic) bond motifs is 1. The maximum atomic E-state index is 12.1. The Labute approximate surface area is 122 Å². The number of hydrogen-bond donors (Lipinski definition) is 1. The topological polar surface area (TPSA) is 48.5 Å². The Morgan fingerprint density at radius 1 is 1.50 bits per heavy atom. The first-order valence-electron chi connectivity index (χ1n) is 6.82. The SMILES string of the molecule is C#Cc1c(C)c2c([nH]c1=O)N(C1CCCC1)C(Cl)N=C2. The van der Waals surface area contributed by atoms with Crippen LogP contribution in [0.3, 0.4) is 0 Å². The Bertz CT molecular complexity index is 665. The van der Waals surface area contributed by atoms with E-state index in [9.17, 15) is 4.79 Å². The van der Waals surface area contributed by atoms with Gasteiger partial charge in [0.1, 0.15) is 5.82 Å². The van der Waals surface area contributed by atoms with Gasteiger partial charge in [0, 0.05) is 17.8 Å². The molecule has 0 aromatic carbocycles. The summed E-state index contributed by atoms with van der Waals surface area (Å²) in [5.74, 6) is 3.21. The van der Waals surface area contributed by atoms with Gasteiger partial charge in [0.2, 0.25) is 0 Å². The van der Waals surface area contributed by atoms with Crippen LogP contribution in [0.5, 0.6) is 0 Å². The van der Waals surface area contributed by atoms with Crippen molar-refractivity contribution in [1.82, 2.24) is 4.98 Å². The highest BCUT2D eigenvalue weighted by atomic mass is 35.5. The van der Waals surface area contributed by atoms with Gasteiger partial charge in [-0.2, -0.15) is 0 Å². The smallest absolute Gasteiger partial charge is 0.265 e. The molecule has 0 saturated heterocycles. The Morgan fingerprint density at radius 2 is 2.20 bits per heavy atom. The number of H-pyrrole nitrogens is 1. The van der Waals surface area contributed by atoms with Crippen LogP contribution in [-0.2, 0) is 0 Å². The van der Waals surface area contributed by atoms with Gasteiger partial charge in [-0.3, -0.25) is 9.79 Å². The van der Waals surface area contributed by atoms with E-state index in [1.807, 2.05) is 11.8 Å². The van der Waals surface area contributed by atoms with E-state index in [4.69, 9.17) is 18.0 Å². The molecule has 104 valence electrons. The molecule has 1 N–H and O–H groups in total. The third-order valence-electron chi connectivity index (χ3n) is 4.17. The van der Waals surface area contributed by atoms with Gasteiger partial charge in [-0.1, -0.05) is 30.4 Å². The fourth-order valence-corrected chi connectivity index (χ4v) is 3.42. The van der Waals surface area contributed by atoms with E-state index < -0.39 is 5.62 Å². The molecule has 0 bridgehead atoms. The molecule has 4 nitrogen and oxygen atoms in total. The second-order valence-electron chi connectivity index (χ2n) is 5.30. The van der Waals surface area contributed by atoms with E-state index in [0.29, 0.717) is 11.6 Å². The normalized spacial score (nSPS) is 21.9. The van der Waals surface area contributed by atoms with E-state index >= 15 is 0 Å². The van der Waals surface area contributed by atoms with Crippen LogP contribution in [-0.4, -0.2) is 22.9 Å². The number of nitrogens with one attached hydrogen (secondary N) is 1. The van der Waals surface area contributed by atoms with Gasteiger partial charge in [0.05, 0.1) is 5.56 Å². The molecule has 0 amide bonds. The molecule has 1 aliphatic carbocycles. The molecule has 5 heteroatoms.